The maximum absolute atomic E-state index is 11.6. The number of nitrogens with one attached hydrogen (secondary N) is 1. The Hall–Kier alpha value is -3.31. The zero-order valence-corrected chi connectivity index (χ0v) is 20.2. The lowest BCUT2D eigenvalue weighted by Crippen LogP contribution is -2.73. The molecule has 1 amide bonds. The van der Waals surface area contributed by atoms with Crippen molar-refractivity contribution in [2.75, 3.05) is 32.7 Å². The summed E-state index contributed by atoms with van der Waals surface area (Å²) in [4.78, 5) is 16.8. The zero-order valence-electron chi connectivity index (χ0n) is 20.2. The summed E-state index contributed by atoms with van der Waals surface area (Å²) < 4.78 is 7.96. The molecule has 2 aromatic carbocycles. The van der Waals surface area contributed by atoms with Crippen LogP contribution in [0, 0.1) is 0 Å². The van der Waals surface area contributed by atoms with Gasteiger partial charge < -0.3 is 14.6 Å². The minimum atomic E-state index is -0.507. The molecule has 0 saturated carbocycles. The lowest BCUT2D eigenvalue weighted by atomic mass is 9.85. The van der Waals surface area contributed by atoms with E-state index in [4.69, 9.17) is 4.74 Å². The van der Waals surface area contributed by atoms with Crippen LogP contribution in [0.25, 0.3) is 10.9 Å². The number of hydrogen-bond donors (Lipinski definition) is 1. The number of carbonyl (C=O) groups is 1. The predicted octanol–water partition coefficient (Wildman–Crippen LogP) is 5.07. The highest BCUT2D eigenvalue weighted by Crippen LogP contribution is 2.43. The fourth-order valence-corrected chi connectivity index (χ4v) is 5.76. The number of benzene rings is 2. The normalized spacial score (nSPS) is 22.2. The second-order valence-electron chi connectivity index (χ2n) is 9.72. The highest BCUT2D eigenvalue weighted by Gasteiger charge is 2.56. The number of ether oxygens (including phenoxy) is 1. The molecular weight excluding hydrogens is 422 g/mol. The number of nitrogens with zero attached hydrogens (tertiary/aromatic N) is 2. The number of quaternary nitrogens is 1. The van der Waals surface area contributed by atoms with Gasteiger partial charge in [-0.1, -0.05) is 42.5 Å². The Morgan fingerprint density at radius 2 is 1.88 bits per heavy atom. The quantitative estimate of drug-likeness (QED) is 0.398. The van der Waals surface area contributed by atoms with E-state index >= 15 is 0 Å². The van der Waals surface area contributed by atoms with E-state index in [9.17, 15) is 4.79 Å². The van der Waals surface area contributed by atoms with Crippen molar-refractivity contribution in [2.24, 2.45) is 0 Å². The highest BCUT2D eigenvalue weighted by atomic mass is 16.5. The van der Waals surface area contributed by atoms with Gasteiger partial charge in [-0.05, 0) is 49.2 Å². The molecule has 176 valence electrons. The number of allylic oxidation sites excluding steroid dienone is 2. The van der Waals surface area contributed by atoms with E-state index in [0.717, 1.165) is 73.1 Å². The Labute approximate surface area is 201 Å². The maximum Gasteiger partial charge on any atom is 0.269 e. The molecule has 0 bridgehead atoms. The van der Waals surface area contributed by atoms with E-state index in [1.54, 1.807) is 0 Å². The summed E-state index contributed by atoms with van der Waals surface area (Å²) in [6.45, 7) is 8.62. The second kappa shape index (κ2) is 9.15. The minimum absolute atomic E-state index is 0.507. The standard InChI is InChI=1S/C29H34N3O2/c1-23-7-6-14-29(24(23)2,34-27-10-11-28-26(21-27)12-15-30-28)32(19-16-31(22-33)17-20-32)18-13-25-8-4-3-5-9-25/h3-12,15,21-22,30H,13-14,16-20H2,1-2H3/q+1. The van der Waals surface area contributed by atoms with Gasteiger partial charge in [0.05, 0.1) is 39.1 Å². The van der Waals surface area contributed by atoms with Crippen LogP contribution in [0.4, 0.5) is 0 Å². The average Bonchev–Trinajstić information content (AvgIpc) is 3.34. The summed E-state index contributed by atoms with van der Waals surface area (Å²) in [5.74, 6) is 0.893. The van der Waals surface area contributed by atoms with Gasteiger partial charge in [0, 0.05) is 29.1 Å². The molecule has 1 aliphatic heterocycles. The van der Waals surface area contributed by atoms with Gasteiger partial charge >= 0.3 is 0 Å². The number of hydrogen-bond acceptors (Lipinski definition) is 2. The molecular formula is C29H34N3O2+. The van der Waals surface area contributed by atoms with Crippen molar-refractivity contribution in [1.82, 2.24) is 9.88 Å². The van der Waals surface area contributed by atoms with E-state index in [0.29, 0.717) is 0 Å². The van der Waals surface area contributed by atoms with Crippen molar-refractivity contribution in [2.45, 2.75) is 32.4 Å². The van der Waals surface area contributed by atoms with Gasteiger partial charge in [0.25, 0.3) is 5.72 Å². The van der Waals surface area contributed by atoms with E-state index in [-0.39, 0.29) is 0 Å². The summed E-state index contributed by atoms with van der Waals surface area (Å²) in [7, 11) is 0. The third-order valence-electron chi connectivity index (χ3n) is 7.97. The molecule has 5 nitrogen and oxygen atoms in total. The van der Waals surface area contributed by atoms with Crippen LogP contribution in [0.3, 0.4) is 0 Å². The SMILES string of the molecule is CC1=C(C)C(Oc2ccc3[nH]ccc3c2)([N+]2(CCc3ccccc3)CCN(C=O)CC2)CC=C1. The smallest absolute Gasteiger partial charge is 0.269 e. The minimum Gasteiger partial charge on any atom is -0.436 e. The number of rotatable bonds is 7. The van der Waals surface area contributed by atoms with Gasteiger partial charge in [0.2, 0.25) is 6.41 Å². The monoisotopic (exact) mass is 456 g/mol. The molecule has 1 aliphatic carbocycles. The first-order valence-corrected chi connectivity index (χ1v) is 12.3. The van der Waals surface area contributed by atoms with Crippen LogP contribution in [0.5, 0.6) is 5.75 Å². The van der Waals surface area contributed by atoms with Crippen LogP contribution in [0.1, 0.15) is 25.8 Å². The fraction of sp³-hybridized carbons (Fsp3) is 0.345. The summed E-state index contributed by atoms with van der Waals surface area (Å²) >= 11 is 0. The van der Waals surface area contributed by atoms with Crippen LogP contribution in [0.15, 0.2) is 84.1 Å². The van der Waals surface area contributed by atoms with E-state index in [1.807, 2.05) is 11.1 Å². The first-order valence-electron chi connectivity index (χ1n) is 12.3. The lowest BCUT2D eigenvalue weighted by Gasteiger charge is -2.56. The summed E-state index contributed by atoms with van der Waals surface area (Å²) in [6.07, 6.45) is 9.24. The molecule has 3 aromatic rings. The van der Waals surface area contributed by atoms with Crippen molar-refractivity contribution in [1.29, 1.82) is 0 Å². The van der Waals surface area contributed by atoms with Crippen LogP contribution < -0.4 is 4.74 Å². The number of carbonyl (C=O) groups excluding carboxylic acids is 1. The van der Waals surface area contributed by atoms with Gasteiger partial charge in [-0.25, -0.2) is 0 Å². The van der Waals surface area contributed by atoms with Crippen LogP contribution in [-0.4, -0.2) is 59.2 Å². The highest BCUT2D eigenvalue weighted by molar-refractivity contribution is 5.80. The summed E-state index contributed by atoms with van der Waals surface area (Å²) in [6, 6.07) is 19.1. The topological polar surface area (TPSA) is 45.3 Å². The van der Waals surface area contributed by atoms with Crippen molar-refractivity contribution in [3.63, 3.8) is 0 Å². The molecule has 1 saturated heterocycles. The Balaban J connectivity index is 1.58. The molecule has 2 heterocycles. The molecule has 1 aromatic heterocycles. The number of aromatic amines is 1. The number of piperazine rings is 1. The average molecular weight is 457 g/mol. The predicted molar refractivity (Wildman–Crippen MR) is 136 cm³/mol. The Morgan fingerprint density at radius 1 is 1.09 bits per heavy atom. The van der Waals surface area contributed by atoms with Crippen molar-refractivity contribution >= 4 is 17.3 Å². The molecule has 5 rings (SSSR count). The van der Waals surface area contributed by atoms with Crippen LogP contribution >= 0.6 is 0 Å². The molecule has 34 heavy (non-hydrogen) atoms. The van der Waals surface area contributed by atoms with Gasteiger partial charge in [-0.3, -0.25) is 9.28 Å². The molecule has 1 N–H and O–H groups in total. The molecule has 1 unspecified atom stereocenters. The first kappa shape index (κ1) is 22.5. The summed E-state index contributed by atoms with van der Waals surface area (Å²) in [5.41, 5.74) is 4.50. The maximum atomic E-state index is 11.6. The molecule has 5 heteroatoms. The zero-order chi connectivity index (χ0) is 23.6. The Morgan fingerprint density at radius 3 is 2.65 bits per heavy atom. The fourth-order valence-electron chi connectivity index (χ4n) is 5.76. The third kappa shape index (κ3) is 3.94. The Bertz CT molecular complexity index is 1220. The van der Waals surface area contributed by atoms with E-state index in [1.165, 1.54) is 16.7 Å². The number of amides is 1. The largest absolute Gasteiger partial charge is 0.436 e. The van der Waals surface area contributed by atoms with Crippen molar-refractivity contribution < 1.29 is 14.0 Å². The van der Waals surface area contributed by atoms with Crippen LogP contribution in [0.2, 0.25) is 0 Å². The van der Waals surface area contributed by atoms with Gasteiger partial charge in [-0.2, -0.15) is 0 Å². The number of fused-ring (bicyclic) bond motifs is 1. The molecule has 1 fully saturated rings. The molecule has 0 radical (unpaired) electrons. The van der Waals surface area contributed by atoms with E-state index < -0.39 is 5.72 Å². The molecule has 0 spiro atoms. The van der Waals surface area contributed by atoms with Crippen molar-refractivity contribution in [3.8, 4) is 5.75 Å². The number of aromatic nitrogens is 1. The molecule has 2 aliphatic rings. The van der Waals surface area contributed by atoms with Gasteiger partial charge in [0.15, 0.2) is 0 Å². The van der Waals surface area contributed by atoms with Crippen molar-refractivity contribution in [3.05, 3.63) is 89.7 Å². The lowest BCUT2D eigenvalue weighted by molar-refractivity contribution is -0.992. The second-order valence-corrected chi connectivity index (χ2v) is 9.72. The van der Waals surface area contributed by atoms with Crippen LogP contribution in [-0.2, 0) is 11.2 Å². The van der Waals surface area contributed by atoms with Gasteiger partial charge in [-0.15, -0.1) is 0 Å². The summed E-state index contributed by atoms with van der Waals surface area (Å²) in [5, 5.41) is 1.15. The first-order chi connectivity index (χ1) is 16.6. The van der Waals surface area contributed by atoms with E-state index in [2.05, 4.69) is 85.6 Å². The molecule has 1 atom stereocenters. The Kier molecular flexibility index (Phi) is 6.05. The third-order valence-corrected chi connectivity index (χ3v) is 7.97. The van der Waals surface area contributed by atoms with Gasteiger partial charge in [0.1, 0.15) is 5.75 Å². The number of H-pyrrole nitrogens is 1.